The van der Waals surface area contributed by atoms with Crippen molar-refractivity contribution in [2.75, 3.05) is 31.4 Å². The molecule has 1 aliphatic heterocycles. The highest BCUT2D eigenvalue weighted by Crippen LogP contribution is 2.18. The maximum Gasteiger partial charge on any atom is 0.240 e. The molecule has 0 spiro atoms. The summed E-state index contributed by atoms with van der Waals surface area (Å²) in [5, 5.41) is 7.42. The van der Waals surface area contributed by atoms with E-state index in [4.69, 9.17) is 21.1 Å². The molecule has 0 aliphatic carbocycles. The van der Waals surface area contributed by atoms with E-state index in [1.54, 1.807) is 0 Å². The molecule has 0 saturated carbocycles. The molecule has 0 radical (unpaired) electrons. The molecule has 0 amide bonds. The van der Waals surface area contributed by atoms with Gasteiger partial charge in [0, 0.05) is 0 Å². The zero-order valence-corrected chi connectivity index (χ0v) is 7.01. The second-order valence-electron chi connectivity index (χ2n) is 2.72. The molecular weight excluding hydrogens is 174 g/mol. The van der Waals surface area contributed by atoms with Crippen LogP contribution in [0.2, 0.25) is 0 Å². The van der Waals surface area contributed by atoms with Crippen LogP contribution in [0.25, 0.3) is 0 Å². The smallest absolute Gasteiger partial charge is 0.240 e. The third kappa shape index (κ3) is 1.43. The van der Waals surface area contributed by atoms with Crippen molar-refractivity contribution >= 4 is 5.95 Å². The van der Waals surface area contributed by atoms with Crippen molar-refractivity contribution in [1.29, 1.82) is 0 Å². The van der Waals surface area contributed by atoms with Gasteiger partial charge < -0.3 is 21.1 Å². The van der Waals surface area contributed by atoms with E-state index in [1.807, 2.05) is 0 Å². The molecular formula is C6H11N5O2. The quantitative estimate of drug-likeness (QED) is 0.525. The molecule has 7 nitrogen and oxygen atoms in total. The van der Waals surface area contributed by atoms with E-state index >= 15 is 0 Å². The van der Waals surface area contributed by atoms with Crippen LogP contribution in [0.15, 0.2) is 0 Å². The Morgan fingerprint density at radius 2 is 2.23 bits per heavy atom. The van der Waals surface area contributed by atoms with Gasteiger partial charge in [-0.05, 0) is 0 Å². The molecule has 4 N–H and O–H groups in total. The van der Waals surface area contributed by atoms with Crippen LogP contribution in [0.3, 0.4) is 0 Å². The van der Waals surface area contributed by atoms with E-state index in [0.717, 1.165) is 0 Å². The molecule has 1 aromatic heterocycles. The van der Waals surface area contributed by atoms with Gasteiger partial charge in [0.1, 0.15) is 6.10 Å². The minimum Gasteiger partial charge on any atom is -0.376 e. The molecule has 1 aromatic rings. The highest BCUT2D eigenvalue weighted by molar-refractivity contribution is 5.18. The van der Waals surface area contributed by atoms with E-state index in [-0.39, 0.29) is 12.1 Å². The first-order chi connectivity index (χ1) is 6.29. The number of aromatic nitrogens is 3. The van der Waals surface area contributed by atoms with Gasteiger partial charge in [0.05, 0.1) is 19.8 Å². The van der Waals surface area contributed by atoms with Crippen LogP contribution >= 0.6 is 0 Å². The van der Waals surface area contributed by atoms with Crippen molar-refractivity contribution in [1.82, 2.24) is 14.9 Å². The highest BCUT2D eigenvalue weighted by atomic mass is 16.6. The molecule has 2 rings (SSSR count). The van der Waals surface area contributed by atoms with Crippen molar-refractivity contribution in [2.45, 2.75) is 6.10 Å². The Morgan fingerprint density at radius 3 is 2.77 bits per heavy atom. The SMILES string of the molecule is Nc1nnc(C2COCCO2)n1N. The normalized spacial score (nSPS) is 23.2. The number of nitrogen functional groups attached to an aromatic ring is 2. The largest absolute Gasteiger partial charge is 0.376 e. The zero-order chi connectivity index (χ0) is 9.26. The lowest BCUT2D eigenvalue weighted by Gasteiger charge is -2.21. The lowest BCUT2D eigenvalue weighted by Crippen LogP contribution is -2.27. The summed E-state index contributed by atoms with van der Waals surface area (Å²) in [7, 11) is 0. The van der Waals surface area contributed by atoms with Gasteiger partial charge in [-0.3, -0.25) is 0 Å². The third-order valence-corrected chi connectivity index (χ3v) is 1.85. The Morgan fingerprint density at radius 1 is 1.38 bits per heavy atom. The van der Waals surface area contributed by atoms with Gasteiger partial charge in [-0.2, -0.15) is 0 Å². The molecule has 0 bridgehead atoms. The van der Waals surface area contributed by atoms with Crippen LogP contribution in [0.5, 0.6) is 0 Å². The van der Waals surface area contributed by atoms with Crippen molar-refractivity contribution in [3.63, 3.8) is 0 Å². The Labute approximate surface area is 74.6 Å². The third-order valence-electron chi connectivity index (χ3n) is 1.85. The molecule has 72 valence electrons. The van der Waals surface area contributed by atoms with Gasteiger partial charge in [-0.25, -0.2) is 4.68 Å². The fourth-order valence-corrected chi connectivity index (χ4v) is 1.17. The highest BCUT2D eigenvalue weighted by Gasteiger charge is 2.22. The minimum atomic E-state index is -0.261. The predicted molar refractivity (Wildman–Crippen MR) is 44.1 cm³/mol. The summed E-state index contributed by atoms with van der Waals surface area (Å²) in [6.45, 7) is 1.58. The molecule has 7 heteroatoms. The van der Waals surface area contributed by atoms with Gasteiger partial charge in [0.2, 0.25) is 5.95 Å². The minimum absolute atomic E-state index is 0.171. The summed E-state index contributed by atoms with van der Waals surface area (Å²) < 4.78 is 11.8. The van der Waals surface area contributed by atoms with E-state index in [1.165, 1.54) is 4.68 Å². The summed E-state index contributed by atoms with van der Waals surface area (Å²) >= 11 is 0. The Bertz CT molecular complexity index is 293. The first-order valence-corrected chi connectivity index (χ1v) is 3.94. The lowest BCUT2D eigenvalue weighted by molar-refractivity contribution is -0.0943. The Balaban J connectivity index is 2.18. The molecule has 13 heavy (non-hydrogen) atoms. The van der Waals surface area contributed by atoms with E-state index < -0.39 is 0 Å². The molecule has 1 atom stereocenters. The fraction of sp³-hybridized carbons (Fsp3) is 0.667. The van der Waals surface area contributed by atoms with Gasteiger partial charge >= 0.3 is 0 Å². The molecule has 1 saturated heterocycles. The zero-order valence-electron chi connectivity index (χ0n) is 7.01. The van der Waals surface area contributed by atoms with Crippen molar-refractivity contribution in [2.24, 2.45) is 0 Å². The van der Waals surface area contributed by atoms with Crippen LogP contribution in [-0.4, -0.2) is 34.7 Å². The molecule has 1 fully saturated rings. The summed E-state index contributed by atoms with van der Waals surface area (Å²) in [4.78, 5) is 0. The number of hydrogen-bond donors (Lipinski definition) is 2. The molecule has 1 unspecified atom stereocenters. The van der Waals surface area contributed by atoms with Gasteiger partial charge in [0.15, 0.2) is 5.82 Å². The number of nitrogens with two attached hydrogens (primary N) is 2. The number of anilines is 1. The van der Waals surface area contributed by atoms with Crippen molar-refractivity contribution < 1.29 is 9.47 Å². The summed E-state index contributed by atoms with van der Waals surface area (Å²) in [6, 6.07) is 0. The Hall–Kier alpha value is -1.34. The number of nitrogens with zero attached hydrogens (tertiary/aromatic N) is 3. The van der Waals surface area contributed by atoms with Crippen LogP contribution in [-0.2, 0) is 9.47 Å². The summed E-state index contributed by atoms with van der Waals surface area (Å²) in [6.07, 6.45) is -0.261. The summed E-state index contributed by atoms with van der Waals surface area (Å²) in [5.74, 6) is 6.23. The molecule has 2 heterocycles. The van der Waals surface area contributed by atoms with Crippen molar-refractivity contribution in [3.8, 4) is 0 Å². The maximum absolute atomic E-state index is 5.56. The number of rotatable bonds is 1. The van der Waals surface area contributed by atoms with E-state index in [9.17, 15) is 0 Å². The number of hydrogen-bond acceptors (Lipinski definition) is 6. The maximum atomic E-state index is 5.56. The van der Waals surface area contributed by atoms with E-state index in [2.05, 4.69) is 10.2 Å². The summed E-state index contributed by atoms with van der Waals surface area (Å²) in [5.41, 5.74) is 5.42. The van der Waals surface area contributed by atoms with Crippen molar-refractivity contribution in [3.05, 3.63) is 5.82 Å². The predicted octanol–water partition coefficient (Wildman–Crippen LogP) is -1.34. The monoisotopic (exact) mass is 185 g/mol. The molecule has 0 aromatic carbocycles. The van der Waals surface area contributed by atoms with Gasteiger partial charge in [-0.1, -0.05) is 0 Å². The van der Waals surface area contributed by atoms with Gasteiger partial charge in [-0.15, -0.1) is 10.2 Å². The topological polar surface area (TPSA) is 101 Å². The second-order valence-corrected chi connectivity index (χ2v) is 2.72. The lowest BCUT2D eigenvalue weighted by atomic mass is 10.3. The first-order valence-electron chi connectivity index (χ1n) is 3.94. The number of ether oxygens (including phenoxy) is 2. The second kappa shape index (κ2) is 3.19. The van der Waals surface area contributed by atoms with Crippen LogP contribution < -0.4 is 11.6 Å². The Kier molecular flexibility index (Phi) is 2.03. The van der Waals surface area contributed by atoms with Crippen LogP contribution in [0.4, 0.5) is 5.95 Å². The molecule has 1 aliphatic rings. The fourth-order valence-electron chi connectivity index (χ4n) is 1.17. The van der Waals surface area contributed by atoms with Gasteiger partial charge in [0.25, 0.3) is 0 Å². The first kappa shape index (κ1) is 8.27. The average molecular weight is 185 g/mol. The van der Waals surface area contributed by atoms with E-state index in [0.29, 0.717) is 25.6 Å². The average Bonchev–Trinajstić information content (AvgIpc) is 2.49. The van der Waals surface area contributed by atoms with Crippen LogP contribution in [0, 0.1) is 0 Å². The van der Waals surface area contributed by atoms with Crippen LogP contribution in [0.1, 0.15) is 11.9 Å². The standard InChI is InChI=1S/C6H11N5O2/c7-6-10-9-5(11(6)8)4-3-12-1-2-13-4/h4H,1-3,8H2,(H2,7,10).